The third-order valence-corrected chi connectivity index (χ3v) is 11.5. The molecule has 10 heteroatoms. The Kier molecular flexibility index (Phi) is 41.8. The van der Waals surface area contributed by atoms with Crippen molar-refractivity contribution >= 4 is 19.8 Å². The maximum absolute atomic E-state index is 12.6. The maximum Gasteiger partial charge on any atom is 0.472 e. The monoisotopic (exact) mass is 804 g/mol. The summed E-state index contributed by atoms with van der Waals surface area (Å²) in [4.78, 5) is 34.9. The van der Waals surface area contributed by atoms with Gasteiger partial charge in [-0.05, 0) is 12.8 Å². The molecule has 0 spiro atoms. The van der Waals surface area contributed by atoms with Crippen LogP contribution in [-0.2, 0) is 32.7 Å². The molecule has 0 aromatic carbocycles. The summed E-state index contributed by atoms with van der Waals surface area (Å²) in [5.74, 6) is -0.809. The van der Waals surface area contributed by atoms with Crippen molar-refractivity contribution in [1.82, 2.24) is 0 Å². The molecule has 2 atom stereocenters. The Morgan fingerprint density at radius 1 is 0.473 bits per heavy atom. The molecule has 0 fully saturated rings. The van der Waals surface area contributed by atoms with Crippen molar-refractivity contribution in [3.8, 4) is 0 Å². The molecule has 0 amide bonds. The van der Waals surface area contributed by atoms with Crippen LogP contribution in [0.4, 0.5) is 0 Å². The number of esters is 2. The van der Waals surface area contributed by atoms with Gasteiger partial charge in [0.2, 0.25) is 0 Å². The molecule has 0 radical (unpaired) electrons. The van der Waals surface area contributed by atoms with Gasteiger partial charge in [-0.1, -0.05) is 219 Å². The van der Waals surface area contributed by atoms with Gasteiger partial charge in [0.1, 0.15) is 6.61 Å². The number of unbranched alkanes of at least 4 members (excludes halogenated alkanes) is 32. The number of nitrogens with two attached hydrogens (primary N) is 1. The van der Waals surface area contributed by atoms with E-state index in [0.29, 0.717) is 6.42 Å². The second-order valence-electron chi connectivity index (χ2n) is 16.0. The molecule has 0 aliphatic rings. The number of hydrogen-bond donors (Lipinski definition) is 2. The minimum Gasteiger partial charge on any atom is -0.462 e. The van der Waals surface area contributed by atoms with Crippen LogP contribution >= 0.6 is 7.82 Å². The molecule has 0 rings (SSSR count). The summed E-state index contributed by atoms with van der Waals surface area (Å²) < 4.78 is 32.9. The first-order valence-corrected chi connectivity index (χ1v) is 25.0. The Labute approximate surface area is 339 Å². The SMILES string of the molecule is CCCCCCCCCCCCCCCCCCCC(=O)OC[C@@H](COP(=O)(O)OCCN)OC(=O)CCCCCCCCCCCCCCCCCCC. The predicted octanol–water partition coefficient (Wildman–Crippen LogP) is 13.6. The van der Waals surface area contributed by atoms with Gasteiger partial charge in [0.25, 0.3) is 0 Å². The second-order valence-corrected chi connectivity index (χ2v) is 17.4. The molecule has 1 unspecified atom stereocenters. The Hall–Kier alpha value is -0.990. The van der Waals surface area contributed by atoms with Gasteiger partial charge < -0.3 is 20.1 Å². The highest BCUT2D eigenvalue weighted by Gasteiger charge is 2.26. The lowest BCUT2D eigenvalue weighted by Gasteiger charge is -2.19. The fourth-order valence-corrected chi connectivity index (χ4v) is 7.76. The highest BCUT2D eigenvalue weighted by atomic mass is 31.2. The smallest absolute Gasteiger partial charge is 0.462 e. The molecule has 0 aromatic rings. The van der Waals surface area contributed by atoms with E-state index in [1.165, 1.54) is 180 Å². The van der Waals surface area contributed by atoms with Crippen molar-refractivity contribution in [2.24, 2.45) is 5.73 Å². The van der Waals surface area contributed by atoms with Crippen LogP contribution in [0.15, 0.2) is 0 Å². The third kappa shape index (κ3) is 42.4. The average Bonchev–Trinajstić information content (AvgIpc) is 3.17. The molecule has 0 saturated heterocycles. The van der Waals surface area contributed by atoms with Crippen molar-refractivity contribution in [3.05, 3.63) is 0 Å². The van der Waals surface area contributed by atoms with E-state index in [1.807, 2.05) is 0 Å². The molecule has 0 saturated carbocycles. The van der Waals surface area contributed by atoms with Gasteiger partial charge in [-0.2, -0.15) is 0 Å². The van der Waals surface area contributed by atoms with Crippen LogP contribution in [0.5, 0.6) is 0 Å². The van der Waals surface area contributed by atoms with Gasteiger partial charge in [0, 0.05) is 19.4 Å². The molecule has 0 bridgehead atoms. The molecule has 0 heterocycles. The molecule has 3 N–H and O–H groups in total. The maximum atomic E-state index is 12.6. The predicted molar refractivity (Wildman–Crippen MR) is 229 cm³/mol. The standard InChI is InChI=1S/C45H90NO8P/c1-3-5-7-9-11-13-15-17-19-21-23-25-27-29-31-33-35-37-44(47)51-41-43(42-53-55(49,50)52-40-39-46)54-45(48)38-36-34-32-30-28-26-24-22-20-18-16-14-12-10-8-6-4-2/h43H,3-42,46H2,1-2H3,(H,49,50)/t43-/m0/s1. The van der Waals surface area contributed by atoms with E-state index in [9.17, 15) is 19.0 Å². The van der Waals surface area contributed by atoms with Gasteiger partial charge in [0.15, 0.2) is 6.10 Å². The minimum absolute atomic E-state index is 0.0582. The van der Waals surface area contributed by atoms with Crippen molar-refractivity contribution in [3.63, 3.8) is 0 Å². The zero-order chi connectivity index (χ0) is 40.3. The van der Waals surface area contributed by atoms with E-state index in [0.717, 1.165) is 32.1 Å². The van der Waals surface area contributed by atoms with Gasteiger partial charge >= 0.3 is 19.8 Å². The number of ether oxygens (including phenoxy) is 2. The van der Waals surface area contributed by atoms with Crippen LogP contribution in [0.3, 0.4) is 0 Å². The number of hydrogen-bond acceptors (Lipinski definition) is 8. The lowest BCUT2D eigenvalue weighted by Crippen LogP contribution is -2.29. The number of carbonyl (C=O) groups is 2. The van der Waals surface area contributed by atoms with E-state index in [-0.39, 0.29) is 38.6 Å². The molecular weight excluding hydrogens is 713 g/mol. The van der Waals surface area contributed by atoms with Gasteiger partial charge in [-0.3, -0.25) is 18.6 Å². The third-order valence-electron chi connectivity index (χ3n) is 10.5. The molecule has 55 heavy (non-hydrogen) atoms. The Morgan fingerprint density at radius 2 is 0.782 bits per heavy atom. The van der Waals surface area contributed by atoms with Crippen LogP contribution < -0.4 is 5.73 Å². The molecular formula is C45H90NO8P. The Balaban J connectivity index is 4.05. The van der Waals surface area contributed by atoms with Crippen molar-refractivity contribution < 1.29 is 37.6 Å². The second kappa shape index (κ2) is 42.6. The van der Waals surface area contributed by atoms with Crippen molar-refractivity contribution in [1.29, 1.82) is 0 Å². The van der Waals surface area contributed by atoms with Crippen LogP contribution in [-0.4, -0.2) is 49.3 Å². The summed E-state index contributed by atoms with van der Waals surface area (Å²) in [5, 5.41) is 0. The van der Waals surface area contributed by atoms with Gasteiger partial charge in [-0.25, -0.2) is 4.57 Å². The normalized spacial score (nSPS) is 13.2. The first-order chi connectivity index (χ1) is 26.8. The Bertz CT molecular complexity index is 876. The first kappa shape index (κ1) is 54.0. The molecule has 0 aromatic heterocycles. The van der Waals surface area contributed by atoms with E-state index in [4.69, 9.17) is 24.3 Å². The number of phosphoric acid groups is 1. The average molecular weight is 804 g/mol. The number of rotatable bonds is 45. The summed E-state index contributed by atoms with van der Waals surface area (Å²) >= 11 is 0. The molecule has 328 valence electrons. The van der Waals surface area contributed by atoms with E-state index >= 15 is 0 Å². The summed E-state index contributed by atoms with van der Waals surface area (Å²) in [7, 11) is -4.37. The van der Waals surface area contributed by atoms with Crippen molar-refractivity contribution in [2.45, 2.75) is 251 Å². The van der Waals surface area contributed by atoms with Gasteiger partial charge in [-0.15, -0.1) is 0 Å². The number of phosphoric ester groups is 1. The summed E-state index contributed by atoms with van der Waals surface area (Å²) in [6, 6.07) is 0. The van der Waals surface area contributed by atoms with Crippen molar-refractivity contribution in [2.75, 3.05) is 26.4 Å². The lowest BCUT2D eigenvalue weighted by molar-refractivity contribution is -0.161. The molecule has 0 aliphatic carbocycles. The zero-order valence-corrected chi connectivity index (χ0v) is 37.1. The molecule has 0 aliphatic heterocycles. The van der Waals surface area contributed by atoms with Crippen LogP contribution in [0.2, 0.25) is 0 Å². The highest BCUT2D eigenvalue weighted by Crippen LogP contribution is 2.43. The zero-order valence-electron chi connectivity index (χ0n) is 36.2. The largest absolute Gasteiger partial charge is 0.472 e. The summed E-state index contributed by atoms with van der Waals surface area (Å²) in [6.07, 6.45) is 42.7. The first-order valence-electron chi connectivity index (χ1n) is 23.5. The quantitative estimate of drug-likeness (QED) is 0.0350. The van der Waals surface area contributed by atoms with Gasteiger partial charge in [0.05, 0.1) is 13.2 Å². The van der Waals surface area contributed by atoms with Crippen LogP contribution in [0.1, 0.15) is 245 Å². The fraction of sp³-hybridized carbons (Fsp3) is 0.956. The van der Waals surface area contributed by atoms with Crippen LogP contribution in [0.25, 0.3) is 0 Å². The lowest BCUT2D eigenvalue weighted by atomic mass is 10.0. The van der Waals surface area contributed by atoms with E-state index in [2.05, 4.69) is 13.8 Å². The topological polar surface area (TPSA) is 134 Å². The number of carbonyl (C=O) groups excluding carboxylic acids is 2. The minimum atomic E-state index is -4.37. The molecule has 9 nitrogen and oxygen atoms in total. The summed E-state index contributed by atoms with van der Waals surface area (Å²) in [6.45, 7) is 3.79. The van der Waals surface area contributed by atoms with Crippen LogP contribution in [0, 0.1) is 0 Å². The van der Waals surface area contributed by atoms with E-state index in [1.54, 1.807) is 0 Å². The fourth-order valence-electron chi connectivity index (χ4n) is 6.99. The highest BCUT2D eigenvalue weighted by molar-refractivity contribution is 7.47. The van der Waals surface area contributed by atoms with E-state index < -0.39 is 26.5 Å². The summed E-state index contributed by atoms with van der Waals surface area (Å²) in [5.41, 5.74) is 5.36. The Morgan fingerprint density at radius 3 is 1.11 bits per heavy atom.